The number of nitrogens with zero attached hydrogens (tertiary/aromatic N) is 1. The lowest BCUT2D eigenvalue weighted by Crippen LogP contribution is -2.34. The molecule has 130 valence electrons. The van der Waals surface area contributed by atoms with Crippen molar-refractivity contribution in [2.24, 2.45) is 0 Å². The number of benzene rings is 1. The Morgan fingerprint density at radius 3 is 2.64 bits per heavy atom. The van der Waals surface area contributed by atoms with Gasteiger partial charge in [-0.15, -0.1) is 0 Å². The van der Waals surface area contributed by atoms with Gasteiger partial charge in [0.15, 0.2) is 5.58 Å². The number of aryl methyl sites for hydroxylation is 1. The maximum Gasteiger partial charge on any atom is 0.159 e. The molecule has 1 N–H and O–H groups in total. The molecule has 3 heterocycles. The van der Waals surface area contributed by atoms with Crippen LogP contribution in [0.25, 0.3) is 11.1 Å². The first-order valence-corrected chi connectivity index (χ1v) is 8.68. The third-order valence-electron chi connectivity index (χ3n) is 5.63. The van der Waals surface area contributed by atoms with Crippen LogP contribution in [0.4, 0.5) is 0 Å². The van der Waals surface area contributed by atoms with E-state index in [1.54, 1.807) is 6.26 Å². The van der Waals surface area contributed by atoms with Crippen LogP contribution in [0.15, 0.2) is 22.8 Å². The van der Waals surface area contributed by atoms with Crippen LogP contribution in [0.1, 0.15) is 46.9 Å². The predicted molar refractivity (Wildman–Crippen MR) is 97.4 cm³/mol. The second-order valence-corrected chi connectivity index (χ2v) is 7.31. The molecule has 1 aromatic carbocycles. The van der Waals surface area contributed by atoms with Gasteiger partial charge in [-0.3, -0.25) is 0 Å². The van der Waals surface area contributed by atoms with Gasteiger partial charge in [-0.1, -0.05) is 0 Å². The second kappa shape index (κ2) is 5.25. The van der Waals surface area contributed by atoms with Crippen LogP contribution in [0.2, 0.25) is 0 Å². The first-order valence-electron chi connectivity index (χ1n) is 8.68. The monoisotopic (exact) mass is 337 g/mol. The molecule has 4 rings (SSSR count). The summed E-state index contributed by atoms with van der Waals surface area (Å²) in [5.74, 6) is 1.28. The summed E-state index contributed by atoms with van der Waals surface area (Å²) in [6, 6.07) is 3.95. The lowest BCUT2D eigenvalue weighted by Gasteiger charge is -2.38. The molecule has 1 unspecified atom stereocenters. The molecular weight excluding hydrogens is 314 g/mol. The second-order valence-electron chi connectivity index (χ2n) is 7.31. The Morgan fingerprint density at radius 1 is 1.12 bits per heavy atom. The Labute approximate surface area is 147 Å². The third kappa shape index (κ3) is 2.24. The predicted octanol–water partition coefficient (Wildman–Crippen LogP) is 5.01. The average molecular weight is 337 g/mol. The highest BCUT2D eigenvalue weighted by Gasteiger charge is 2.38. The van der Waals surface area contributed by atoms with E-state index in [2.05, 4.69) is 18.0 Å². The van der Waals surface area contributed by atoms with Gasteiger partial charge < -0.3 is 14.3 Å². The van der Waals surface area contributed by atoms with Crippen LogP contribution in [-0.4, -0.2) is 10.1 Å². The maximum atomic E-state index is 10.4. The number of furan rings is 1. The fourth-order valence-corrected chi connectivity index (χ4v) is 3.92. The summed E-state index contributed by atoms with van der Waals surface area (Å²) in [6.07, 6.45) is 3.36. The van der Waals surface area contributed by atoms with E-state index in [-0.39, 0.29) is 0 Å². The average Bonchev–Trinajstić information content (AvgIpc) is 3.05. The van der Waals surface area contributed by atoms with Crippen molar-refractivity contribution >= 4 is 11.1 Å². The number of fused-ring (bicyclic) bond motifs is 2. The molecular formula is C21H23NO3. The molecule has 0 fully saturated rings. The number of phenolic OH excluding ortho intramolecular Hbond substituents is 1. The van der Waals surface area contributed by atoms with Crippen LogP contribution >= 0.6 is 0 Å². The van der Waals surface area contributed by atoms with E-state index in [1.807, 2.05) is 33.8 Å². The third-order valence-corrected chi connectivity index (χ3v) is 5.63. The number of hydrogen-bond donors (Lipinski definition) is 1. The smallest absolute Gasteiger partial charge is 0.159 e. The highest BCUT2D eigenvalue weighted by atomic mass is 16.5. The van der Waals surface area contributed by atoms with Crippen LogP contribution in [0.3, 0.4) is 0 Å². The zero-order valence-electron chi connectivity index (χ0n) is 15.4. The number of aromatic nitrogens is 1. The number of phenols is 1. The SMILES string of the molecule is Cc1cc(C2(C)CCc3c(C)c(O)c(C)c(C)c3O2)c2occc2n1. The molecule has 1 aliphatic heterocycles. The van der Waals surface area contributed by atoms with E-state index >= 15 is 0 Å². The van der Waals surface area contributed by atoms with E-state index in [0.717, 1.165) is 63.2 Å². The molecule has 0 amide bonds. The number of hydrogen-bond acceptors (Lipinski definition) is 4. The van der Waals surface area contributed by atoms with Gasteiger partial charge in [-0.25, -0.2) is 4.98 Å². The summed E-state index contributed by atoms with van der Waals surface area (Å²) in [7, 11) is 0. The van der Waals surface area contributed by atoms with Gasteiger partial charge in [0.2, 0.25) is 0 Å². The molecule has 0 bridgehead atoms. The number of pyridine rings is 1. The lowest BCUT2D eigenvalue weighted by molar-refractivity contribution is 0.0615. The molecule has 0 radical (unpaired) electrons. The molecule has 0 aliphatic carbocycles. The van der Waals surface area contributed by atoms with Crippen molar-refractivity contribution in [1.29, 1.82) is 0 Å². The lowest BCUT2D eigenvalue weighted by atomic mass is 9.83. The van der Waals surface area contributed by atoms with E-state index < -0.39 is 5.60 Å². The molecule has 4 heteroatoms. The van der Waals surface area contributed by atoms with E-state index in [0.29, 0.717) is 5.75 Å². The van der Waals surface area contributed by atoms with Gasteiger partial charge in [0.25, 0.3) is 0 Å². The summed E-state index contributed by atoms with van der Waals surface area (Å²) in [4.78, 5) is 4.54. The van der Waals surface area contributed by atoms with Crippen LogP contribution in [-0.2, 0) is 12.0 Å². The number of rotatable bonds is 1. The molecule has 0 spiro atoms. The minimum Gasteiger partial charge on any atom is -0.507 e. The Hall–Kier alpha value is -2.49. The normalized spacial score (nSPS) is 19.7. The van der Waals surface area contributed by atoms with Crippen molar-refractivity contribution in [3.05, 3.63) is 51.9 Å². The highest BCUT2D eigenvalue weighted by molar-refractivity contribution is 5.77. The number of aromatic hydroxyl groups is 1. The molecule has 4 nitrogen and oxygen atoms in total. The largest absolute Gasteiger partial charge is 0.507 e. The summed E-state index contributed by atoms with van der Waals surface area (Å²) < 4.78 is 12.3. The van der Waals surface area contributed by atoms with Crippen molar-refractivity contribution in [3.8, 4) is 11.5 Å². The molecule has 0 saturated heterocycles. The van der Waals surface area contributed by atoms with E-state index in [4.69, 9.17) is 9.15 Å². The zero-order chi connectivity index (χ0) is 17.9. The summed E-state index contributed by atoms with van der Waals surface area (Å²) in [5.41, 5.74) is 7.08. The van der Waals surface area contributed by atoms with Crippen LogP contribution in [0.5, 0.6) is 11.5 Å². The van der Waals surface area contributed by atoms with Gasteiger partial charge in [-0.05, 0) is 70.2 Å². The summed E-state index contributed by atoms with van der Waals surface area (Å²) in [5, 5.41) is 10.4. The van der Waals surface area contributed by atoms with Crippen molar-refractivity contribution in [2.75, 3.05) is 0 Å². The quantitative estimate of drug-likeness (QED) is 0.678. The zero-order valence-corrected chi connectivity index (χ0v) is 15.4. The van der Waals surface area contributed by atoms with Crippen LogP contribution < -0.4 is 4.74 Å². The minimum absolute atomic E-state index is 0.386. The Kier molecular flexibility index (Phi) is 3.36. The standard InChI is InChI=1S/C21H23NO3/c1-11-10-16(20-17(22-11)7-9-24-20)21(5)8-6-15-14(4)18(23)12(2)13(3)19(15)25-21/h7,9-10,23H,6,8H2,1-5H3. The fourth-order valence-electron chi connectivity index (χ4n) is 3.92. The highest BCUT2D eigenvalue weighted by Crippen LogP contribution is 2.47. The van der Waals surface area contributed by atoms with Gasteiger partial charge in [0.05, 0.1) is 6.26 Å². The Bertz CT molecular complexity index is 1000. The van der Waals surface area contributed by atoms with Gasteiger partial charge >= 0.3 is 0 Å². The maximum absolute atomic E-state index is 10.4. The van der Waals surface area contributed by atoms with E-state index in [1.165, 1.54) is 0 Å². The molecule has 25 heavy (non-hydrogen) atoms. The summed E-state index contributed by atoms with van der Waals surface area (Å²) in [6.45, 7) is 10.0. The molecule has 1 aliphatic rings. The van der Waals surface area contributed by atoms with Gasteiger partial charge in [-0.2, -0.15) is 0 Å². The first-order chi connectivity index (χ1) is 11.8. The first kappa shape index (κ1) is 16.0. The number of ether oxygens (including phenoxy) is 1. The van der Waals surface area contributed by atoms with Crippen LogP contribution in [0, 0.1) is 27.7 Å². The topological polar surface area (TPSA) is 55.5 Å². The molecule has 3 aromatic rings. The molecule has 1 atom stereocenters. The molecule has 0 saturated carbocycles. The molecule has 2 aromatic heterocycles. The Balaban J connectivity index is 1.90. The van der Waals surface area contributed by atoms with Crippen molar-refractivity contribution in [2.45, 2.75) is 53.1 Å². The Morgan fingerprint density at radius 2 is 1.88 bits per heavy atom. The van der Waals surface area contributed by atoms with E-state index in [9.17, 15) is 5.11 Å². The fraction of sp³-hybridized carbons (Fsp3) is 0.381. The van der Waals surface area contributed by atoms with Crippen molar-refractivity contribution in [3.63, 3.8) is 0 Å². The van der Waals surface area contributed by atoms with Gasteiger partial charge in [0, 0.05) is 22.9 Å². The van der Waals surface area contributed by atoms with Crippen molar-refractivity contribution < 1.29 is 14.3 Å². The van der Waals surface area contributed by atoms with Crippen molar-refractivity contribution in [1.82, 2.24) is 4.98 Å². The minimum atomic E-state index is -0.489. The van der Waals surface area contributed by atoms with Gasteiger partial charge in [0.1, 0.15) is 22.6 Å². The summed E-state index contributed by atoms with van der Waals surface area (Å²) >= 11 is 0.